The van der Waals surface area contributed by atoms with Crippen LogP contribution in [0.1, 0.15) is 10.4 Å². The smallest absolute Gasteiger partial charge is 0.328 e. The van der Waals surface area contributed by atoms with Crippen molar-refractivity contribution in [3.63, 3.8) is 0 Å². The summed E-state index contributed by atoms with van der Waals surface area (Å²) in [7, 11) is 0. The van der Waals surface area contributed by atoms with Gasteiger partial charge in [-0.05, 0) is 18.2 Å². The van der Waals surface area contributed by atoms with Gasteiger partial charge in [0.25, 0.3) is 5.91 Å². The minimum Gasteiger partial charge on any atom is -0.480 e. The molecule has 1 rings (SSSR count). The largest absolute Gasteiger partial charge is 0.480 e. The number of amides is 1. The molecule has 1 atom stereocenters. The zero-order valence-corrected chi connectivity index (χ0v) is 8.68. The zero-order valence-electron chi connectivity index (χ0n) is 8.68. The summed E-state index contributed by atoms with van der Waals surface area (Å²) in [5.41, 5.74) is 5.11. The van der Waals surface area contributed by atoms with Crippen molar-refractivity contribution in [3.8, 4) is 0 Å². The molecule has 7 heteroatoms. The van der Waals surface area contributed by atoms with E-state index in [1.807, 2.05) is 5.32 Å². The van der Waals surface area contributed by atoms with Crippen LogP contribution in [0.2, 0.25) is 0 Å². The summed E-state index contributed by atoms with van der Waals surface area (Å²) in [5, 5.41) is 19.3. The number of aliphatic hydroxyl groups is 1. The second-order valence-electron chi connectivity index (χ2n) is 3.29. The van der Waals surface area contributed by atoms with Crippen LogP contribution in [-0.4, -0.2) is 34.7 Å². The maximum atomic E-state index is 13.3. The first kappa shape index (κ1) is 12.9. The van der Waals surface area contributed by atoms with E-state index >= 15 is 0 Å². The second-order valence-corrected chi connectivity index (χ2v) is 3.29. The molecule has 0 aliphatic carbocycles. The number of carboxylic acids is 1. The molecule has 1 amide bonds. The number of carboxylic acid groups (broad SMARTS) is 1. The minimum atomic E-state index is -1.47. The molecule has 6 nitrogen and oxygen atoms in total. The van der Waals surface area contributed by atoms with Gasteiger partial charge in [0.15, 0.2) is 6.04 Å². The highest BCUT2D eigenvalue weighted by Crippen LogP contribution is 2.11. The highest BCUT2D eigenvalue weighted by Gasteiger charge is 2.21. The van der Waals surface area contributed by atoms with Crippen molar-refractivity contribution >= 4 is 17.6 Å². The third-order valence-electron chi connectivity index (χ3n) is 2.02. The van der Waals surface area contributed by atoms with Gasteiger partial charge in [-0.2, -0.15) is 0 Å². The normalized spacial score (nSPS) is 11.9. The summed E-state index contributed by atoms with van der Waals surface area (Å²) in [6, 6.07) is 1.92. The average molecular weight is 242 g/mol. The third kappa shape index (κ3) is 3.15. The standard InChI is InChI=1S/C10H11FN2O4/c11-7-3-5(12)1-2-6(7)9(15)13-8(4-14)10(16)17/h1-3,8,14H,4,12H2,(H,13,15)(H,16,17)/t8-/m1/s1. The van der Waals surface area contributed by atoms with Gasteiger partial charge in [0.1, 0.15) is 5.82 Å². The van der Waals surface area contributed by atoms with E-state index in [0.29, 0.717) is 0 Å². The molecular formula is C10H11FN2O4. The number of hydrogen-bond donors (Lipinski definition) is 4. The van der Waals surface area contributed by atoms with Crippen molar-refractivity contribution in [2.45, 2.75) is 6.04 Å². The van der Waals surface area contributed by atoms with Crippen molar-refractivity contribution in [2.24, 2.45) is 0 Å². The monoisotopic (exact) mass is 242 g/mol. The van der Waals surface area contributed by atoms with Crippen LogP contribution in [0.4, 0.5) is 10.1 Å². The molecule has 0 saturated carbocycles. The number of nitrogens with two attached hydrogens (primary N) is 1. The van der Waals surface area contributed by atoms with E-state index in [9.17, 15) is 14.0 Å². The average Bonchev–Trinajstić information content (AvgIpc) is 2.24. The topological polar surface area (TPSA) is 113 Å². The van der Waals surface area contributed by atoms with Crippen LogP contribution in [0.25, 0.3) is 0 Å². The van der Waals surface area contributed by atoms with Gasteiger partial charge in [-0.15, -0.1) is 0 Å². The number of anilines is 1. The number of halogens is 1. The van der Waals surface area contributed by atoms with Crippen LogP contribution in [0, 0.1) is 5.82 Å². The third-order valence-corrected chi connectivity index (χ3v) is 2.02. The van der Waals surface area contributed by atoms with Crippen molar-refractivity contribution in [2.75, 3.05) is 12.3 Å². The molecule has 0 heterocycles. The van der Waals surface area contributed by atoms with Crippen molar-refractivity contribution in [1.82, 2.24) is 5.32 Å². The number of rotatable bonds is 4. The fourth-order valence-corrected chi connectivity index (χ4v) is 1.14. The van der Waals surface area contributed by atoms with Gasteiger partial charge in [0.05, 0.1) is 12.2 Å². The van der Waals surface area contributed by atoms with Crippen LogP contribution in [0.15, 0.2) is 18.2 Å². The number of nitrogen functional groups attached to an aromatic ring is 1. The molecule has 0 fully saturated rings. The van der Waals surface area contributed by atoms with Crippen LogP contribution < -0.4 is 11.1 Å². The first-order valence-electron chi connectivity index (χ1n) is 4.65. The summed E-state index contributed by atoms with van der Waals surface area (Å²) in [6.07, 6.45) is 0. The van der Waals surface area contributed by atoms with E-state index in [-0.39, 0.29) is 11.3 Å². The van der Waals surface area contributed by atoms with Gasteiger partial charge in [-0.1, -0.05) is 0 Å². The summed E-state index contributed by atoms with van der Waals surface area (Å²) in [6.45, 7) is -0.780. The molecule has 0 radical (unpaired) electrons. The fourth-order valence-electron chi connectivity index (χ4n) is 1.14. The van der Waals surface area contributed by atoms with Crippen LogP contribution >= 0.6 is 0 Å². The number of aliphatic carboxylic acids is 1. The molecule has 0 bridgehead atoms. The van der Waals surface area contributed by atoms with E-state index in [2.05, 4.69) is 0 Å². The quantitative estimate of drug-likeness (QED) is 0.536. The Bertz CT molecular complexity index is 450. The van der Waals surface area contributed by atoms with Crippen LogP contribution in [0.3, 0.4) is 0 Å². The number of carbonyl (C=O) groups excluding carboxylic acids is 1. The second kappa shape index (κ2) is 5.26. The van der Waals surface area contributed by atoms with Gasteiger partial charge < -0.3 is 21.3 Å². The molecule has 0 aromatic heterocycles. The first-order chi connectivity index (χ1) is 7.95. The highest BCUT2D eigenvalue weighted by atomic mass is 19.1. The van der Waals surface area contributed by atoms with Gasteiger partial charge in [-0.25, -0.2) is 9.18 Å². The maximum absolute atomic E-state index is 13.3. The predicted molar refractivity (Wildman–Crippen MR) is 56.8 cm³/mol. The molecule has 0 saturated heterocycles. The zero-order chi connectivity index (χ0) is 13.0. The van der Waals surface area contributed by atoms with Gasteiger partial charge in [0.2, 0.25) is 0 Å². The lowest BCUT2D eigenvalue weighted by atomic mass is 10.1. The number of hydrogen-bond acceptors (Lipinski definition) is 4. The van der Waals surface area contributed by atoms with E-state index in [1.54, 1.807) is 0 Å². The molecule has 5 N–H and O–H groups in total. The molecule has 1 aromatic rings. The van der Waals surface area contributed by atoms with E-state index in [4.69, 9.17) is 15.9 Å². The fraction of sp³-hybridized carbons (Fsp3) is 0.200. The first-order valence-corrected chi connectivity index (χ1v) is 4.65. The van der Waals surface area contributed by atoms with Gasteiger partial charge >= 0.3 is 5.97 Å². The van der Waals surface area contributed by atoms with E-state index in [1.165, 1.54) is 6.07 Å². The Balaban J connectivity index is 2.86. The molecule has 0 aliphatic rings. The molecule has 0 unspecified atom stereocenters. The summed E-state index contributed by atoms with van der Waals surface area (Å²) in [4.78, 5) is 22.0. The maximum Gasteiger partial charge on any atom is 0.328 e. The van der Waals surface area contributed by atoms with Gasteiger partial charge in [-0.3, -0.25) is 4.79 Å². The Morgan fingerprint density at radius 3 is 2.59 bits per heavy atom. The van der Waals surface area contributed by atoms with Crippen molar-refractivity contribution in [1.29, 1.82) is 0 Å². The Kier molecular flexibility index (Phi) is 4.00. The Hall–Kier alpha value is -2.15. The summed E-state index contributed by atoms with van der Waals surface area (Å²) >= 11 is 0. The number of carbonyl (C=O) groups is 2. The Morgan fingerprint density at radius 2 is 2.12 bits per heavy atom. The molecule has 0 spiro atoms. The van der Waals surface area contributed by atoms with Crippen molar-refractivity contribution in [3.05, 3.63) is 29.6 Å². The molecular weight excluding hydrogens is 231 g/mol. The van der Waals surface area contributed by atoms with Gasteiger partial charge in [0, 0.05) is 5.69 Å². The van der Waals surface area contributed by atoms with E-state index in [0.717, 1.165) is 12.1 Å². The molecule has 92 valence electrons. The number of aliphatic hydroxyl groups excluding tert-OH is 1. The minimum absolute atomic E-state index is 0.149. The predicted octanol–water partition coefficient (Wildman–Crippen LogP) is -0.417. The molecule has 0 aliphatic heterocycles. The van der Waals surface area contributed by atoms with Crippen LogP contribution in [-0.2, 0) is 4.79 Å². The number of benzene rings is 1. The lowest BCUT2D eigenvalue weighted by molar-refractivity contribution is -0.140. The van der Waals surface area contributed by atoms with Crippen molar-refractivity contribution < 1.29 is 24.2 Å². The molecule has 17 heavy (non-hydrogen) atoms. The molecule has 1 aromatic carbocycles. The summed E-state index contributed by atoms with van der Waals surface area (Å²) < 4.78 is 13.3. The summed E-state index contributed by atoms with van der Waals surface area (Å²) in [5.74, 6) is -3.19. The highest BCUT2D eigenvalue weighted by molar-refractivity contribution is 5.97. The number of nitrogens with one attached hydrogen (secondary N) is 1. The Morgan fingerprint density at radius 1 is 1.47 bits per heavy atom. The Labute approximate surface area is 95.9 Å². The lowest BCUT2D eigenvalue weighted by Gasteiger charge is -2.12. The van der Waals surface area contributed by atoms with E-state index < -0.39 is 30.3 Å². The van der Waals surface area contributed by atoms with Crippen LogP contribution in [0.5, 0.6) is 0 Å². The SMILES string of the molecule is Nc1ccc(C(=O)N[C@H](CO)C(=O)O)c(F)c1. The lowest BCUT2D eigenvalue weighted by Crippen LogP contribution is -2.43.